The highest BCUT2D eigenvalue weighted by Crippen LogP contribution is 2.28. The highest BCUT2D eigenvalue weighted by molar-refractivity contribution is 9.10. The standard InChI is InChI=1S/C12H10BrN3.C10H13N/c1-7-5-15-12(16-7)10-6-14-11-4-8(13)2-3-9(10)11;1-8(2)9-6-4-5-7-10(9)11-3/h2-6,14H,1H3,(H,15,16);4-7,11H,1H2,2-3H3. The van der Waals surface area contributed by atoms with Crippen LogP contribution < -0.4 is 5.32 Å². The van der Waals surface area contributed by atoms with Gasteiger partial charge >= 0.3 is 0 Å². The van der Waals surface area contributed by atoms with Crippen molar-refractivity contribution in [2.45, 2.75) is 13.8 Å². The van der Waals surface area contributed by atoms with Crippen molar-refractivity contribution in [1.29, 1.82) is 0 Å². The Morgan fingerprint density at radius 3 is 2.59 bits per heavy atom. The zero-order valence-corrected chi connectivity index (χ0v) is 17.3. The van der Waals surface area contributed by atoms with E-state index in [1.54, 1.807) is 0 Å². The van der Waals surface area contributed by atoms with Gasteiger partial charge in [-0.3, -0.25) is 0 Å². The zero-order chi connectivity index (χ0) is 19.4. The summed E-state index contributed by atoms with van der Waals surface area (Å²) in [6.07, 6.45) is 3.82. The molecule has 0 aliphatic carbocycles. The van der Waals surface area contributed by atoms with Gasteiger partial charge in [-0.25, -0.2) is 4.98 Å². The molecule has 0 saturated heterocycles. The molecule has 0 aliphatic rings. The minimum atomic E-state index is 0.908. The van der Waals surface area contributed by atoms with Crippen molar-refractivity contribution in [2.75, 3.05) is 12.4 Å². The van der Waals surface area contributed by atoms with Gasteiger partial charge in [0.2, 0.25) is 0 Å². The molecule has 0 amide bonds. The summed E-state index contributed by atoms with van der Waals surface area (Å²) >= 11 is 3.46. The minimum Gasteiger partial charge on any atom is -0.388 e. The predicted molar refractivity (Wildman–Crippen MR) is 119 cm³/mol. The number of benzene rings is 2. The van der Waals surface area contributed by atoms with Crippen molar-refractivity contribution < 1.29 is 0 Å². The molecule has 2 aromatic carbocycles. The molecule has 0 fully saturated rings. The number of aromatic nitrogens is 3. The summed E-state index contributed by atoms with van der Waals surface area (Å²) in [5.74, 6) is 0.908. The predicted octanol–water partition coefficient (Wildman–Crippen LogP) is 6.39. The highest BCUT2D eigenvalue weighted by atomic mass is 79.9. The number of rotatable bonds is 3. The normalized spacial score (nSPS) is 10.4. The van der Waals surface area contributed by atoms with Crippen molar-refractivity contribution in [3.05, 3.63) is 77.2 Å². The van der Waals surface area contributed by atoms with Crippen LogP contribution in [0.25, 0.3) is 27.9 Å². The molecular weight excluding hydrogens is 400 g/mol. The Balaban J connectivity index is 0.000000168. The van der Waals surface area contributed by atoms with E-state index in [0.29, 0.717) is 0 Å². The van der Waals surface area contributed by atoms with Gasteiger partial charge in [0.15, 0.2) is 0 Å². The zero-order valence-electron chi connectivity index (χ0n) is 15.7. The molecule has 0 bridgehead atoms. The summed E-state index contributed by atoms with van der Waals surface area (Å²) in [6.45, 7) is 7.91. The number of aryl methyl sites for hydroxylation is 1. The van der Waals surface area contributed by atoms with E-state index >= 15 is 0 Å². The lowest BCUT2D eigenvalue weighted by molar-refractivity contribution is 1.26. The van der Waals surface area contributed by atoms with E-state index in [1.807, 2.05) is 57.6 Å². The van der Waals surface area contributed by atoms with Crippen LogP contribution in [0, 0.1) is 6.92 Å². The molecular formula is C22H23BrN4. The molecule has 0 aliphatic heterocycles. The van der Waals surface area contributed by atoms with E-state index in [4.69, 9.17) is 0 Å². The molecule has 2 aromatic heterocycles. The number of anilines is 1. The number of aromatic amines is 2. The number of H-pyrrole nitrogens is 2. The number of imidazole rings is 1. The van der Waals surface area contributed by atoms with Crippen LogP contribution in [0.15, 0.2) is 65.9 Å². The second-order valence-corrected chi connectivity index (χ2v) is 7.30. The fourth-order valence-corrected chi connectivity index (χ4v) is 3.28. The number of nitrogens with zero attached hydrogens (tertiary/aromatic N) is 1. The molecule has 0 saturated carbocycles. The van der Waals surface area contributed by atoms with E-state index in [9.17, 15) is 0 Å². The van der Waals surface area contributed by atoms with Gasteiger partial charge in [0, 0.05) is 51.8 Å². The van der Waals surface area contributed by atoms with Gasteiger partial charge < -0.3 is 15.3 Å². The SMILES string of the molecule is C=C(C)c1ccccc1NC.Cc1cnc(-c2c[nH]c3cc(Br)ccc23)[nH]1. The number of allylic oxidation sites excluding steroid dienone is 1. The molecule has 2 heterocycles. The van der Waals surface area contributed by atoms with Crippen molar-refractivity contribution in [3.8, 4) is 11.4 Å². The smallest absolute Gasteiger partial charge is 0.139 e. The second-order valence-electron chi connectivity index (χ2n) is 6.38. The molecule has 0 unspecified atom stereocenters. The number of halogens is 1. The molecule has 4 aromatic rings. The maximum atomic E-state index is 4.34. The first-order chi connectivity index (χ1) is 13.0. The molecule has 0 atom stereocenters. The summed E-state index contributed by atoms with van der Waals surface area (Å²) in [5.41, 5.74) is 6.71. The van der Waals surface area contributed by atoms with Crippen molar-refractivity contribution >= 4 is 38.1 Å². The second kappa shape index (κ2) is 8.27. The number of hydrogen-bond acceptors (Lipinski definition) is 2. The first-order valence-corrected chi connectivity index (χ1v) is 9.50. The van der Waals surface area contributed by atoms with Crippen LogP contribution in [0.4, 0.5) is 5.69 Å². The molecule has 3 N–H and O–H groups in total. The fourth-order valence-electron chi connectivity index (χ4n) is 2.92. The molecule has 5 heteroatoms. The van der Waals surface area contributed by atoms with E-state index in [1.165, 1.54) is 10.9 Å². The summed E-state index contributed by atoms with van der Waals surface area (Å²) in [4.78, 5) is 10.8. The van der Waals surface area contributed by atoms with Gasteiger partial charge in [0.1, 0.15) is 5.82 Å². The minimum absolute atomic E-state index is 0.908. The first-order valence-electron chi connectivity index (χ1n) is 8.71. The van der Waals surface area contributed by atoms with Crippen molar-refractivity contribution in [1.82, 2.24) is 15.0 Å². The average Bonchev–Trinajstić information content (AvgIpc) is 3.27. The quantitative estimate of drug-likeness (QED) is 0.358. The van der Waals surface area contributed by atoms with Crippen LogP contribution in [-0.4, -0.2) is 22.0 Å². The third-order valence-electron chi connectivity index (χ3n) is 4.26. The van der Waals surface area contributed by atoms with Crippen LogP contribution in [0.1, 0.15) is 18.2 Å². The summed E-state index contributed by atoms with van der Waals surface area (Å²) in [5, 5.41) is 4.29. The third-order valence-corrected chi connectivity index (χ3v) is 4.75. The molecule has 138 valence electrons. The lowest BCUT2D eigenvalue weighted by atomic mass is 10.1. The first kappa shape index (κ1) is 19.0. The number of nitrogens with one attached hydrogen (secondary N) is 3. The summed E-state index contributed by atoms with van der Waals surface area (Å²) in [6, 6.07) is 14.3. The van der Waals surface area contributed by atoms with Crippen LogP contribution in [0.5, 0.6) is 0 Å². The van der Waals surface area contributed by atoms with Gasteiger partial charge in [-0.1, -0.05) is 46.8 Å². The lowest BCUT2D eigenvalue weighted by Crippen LogP contribution is -1.91. The molecule has 0 radical (unpaired) electrons. The maximum Gasteiger partial charge on any atom is 0.139 e. The van der Waals surface area contributed by atoms with Gasteiger partial charge in [-0.15, -0.1) is 0 Å². The van der Waals surface area contributed by atoms with Crippen molar-refractivity contribution in [2.24, 2.45) is 0 Å². The Hall–Kier alpha value is -2.79. The Morgan fingerprint density at radius 2 is 1.96 bits per heavy atom. The van der Waals surface area contributed by atoms with Crippen LogP contribution in [0.3, 0.4) is 0 Å². The summed E-state index contributed by atoms with van der Waals surface area (Å²) < 4.78 is 1.07. The van der Waals surface area contributed by atoms with Gasteiger partial charge in [-0.05, 0) is 43.2 Å². The van der Waals surface area contributed by atoms with E-state index in [0.717, 1.165) is 38.3 Å². The van der Waals surface area contributed by atoms with Gasteiger partial charge in [0.25, 0.3) is 0 Å². The fraction of sp³-hybridized carbons (Fsp3) is 0.136. The monoisotopic (exact) mass is 422 g/mol. The average molecular weight is 423 g/mol. The van der Waals surface area contributed by atoms with Crippen LogP contribution in [-0.2, 0) is 0 Å². The number of hydrogen-bond donors (Lipinski definition) is 3. The number of fused-ring (bicyclic) bond motifs is 1. The largest absolute Gasteiger partial charge is 0.388 e. The third kappa shape index (κ3) is 4.31. The Bertz CT molecular complexity index is 1070. The molecule has 0 spiro atoms. The van der Waals surface area contributed by atoms with E-state index < -0.39 is 0 Å². The Kier molecular flexibility index (Phi) is 5.81. The van der Waals surface area contributed by atoms with Crippen molar-refractivity contribution in [3.63, 3.8) is 0 Å². The van der Waals surface area contributed by atoms with E-state index in [2.05, 4.69) is 61.0 Å². The Labute approximate surface area is 167 Å². The topological polar surface area (TPSA) is 56.5 Å². The van der Waals surface area contributed by atoms with Crippen LogP contribution >= 0.6 is 15.9 Å². The van der Waals surface area contributed by atoms with Gasteiger partial charge in [-0.2, -0.15) is 0 Å². The molecule has 4 nitrogen and oxygen atoms in total. The molecule has 4 rings (SSSR count). The molecule has 27 heavy (non-hydrogen) atoms. The Morgan fingerprint density at radius 1 is 1.19 bits per heavy atom. The summed E-state index contributed by atoms with van der Waals surface area (Å²) in [7, 11) is 1.92. The number of para-hydroxylation sites is 1. The highest BCUT2D eigenvalue weighted by Gasteiger charge is 2.08. The van der Waals surface area contributed by atoms with E-state index in [-0.39, 0.29) is 0 Å². The maximum absolute atomic E-state index is 4.34. The van der Waals surface area contributed by atoms with Gasteiger partial charge in [0.05, 0.1) is 0 Å². The van der Waals surface area contributed by atoms with Crippen LogP contribution in [0.2, 0.25) is 0 Å². The lowest BCUT2D eigenvalue weighted by Gasteiger charge is -2.06.